The number of hydrogen-bond acceptors (Lipinski definition) is 2. The van der Waals surface area contributed by atoms with Gasteiger partial charge in [-0.1, -0.05) is 24.3 Å². The zero-order chi connectivity index (χ0) is 13.1. The minimum Gasteiger partial charge on any atom is -0.395 e. The quantitative estimate of drug-likeness (QED) is 0.812. The Bertz CT molecular complexity index is 555. The zero-order valence-electron chi connectivity index (χ0n) is 9.95. The lowest BCUT2D eigenvalue weighted by Gasteiger charge is -2.17. The molecule has 0 saturated carbocycles. The minimum atomic E-state index is -0.485. The number of nitrogens with two attached hydrogens (primary N) is 1. The molecule has 4 heteroatoms. The monoisotopic (exact) mass is 248 g/mol. The summed E-state index contributed by atoms with van der Waals surface area (Å²) in [5, 5.41) is 3.00. The number of nitrogen functional groups attached to an aromatic ring is 1. The molecule has 1 atom stereocenters. The van der Waals surface area contributed by atoms with E-state index in [1.165, 1.54) is 12.1 Å². The maximum absolute atomic E-state index is 13.6. The fourth-order valence-corrected chi connectivity index (χ4v) is 1.80. The van der Waals surface area contributed by atoms with Crippen LogP contribution in [0.15, 0.2) is 42.5 Å². The molecule has 2 aromatic carbocycles. The highest BCUT2D eigenvalue weighted by Crippen LogP contribution is 2.26. The normalized spacial score (nSPS) is 12.2. The van der Waals surface area contributed by atoms with Crippen LogP contribution in [-0.2, 0) is 0 Å². The van der Waals surface area contributed by atoms with Crippen LogP contribution in [0, 0.1) is 11.6 Å². The van der Waals surface area contributed by atoms with Crippen LogP contribution in [0.1, 0.15) is 18.5 Å². The number of anilines is 2. The van der Waals surface area contributed by atoms with E-state index in [-0.39, 0.29) is 17.5 Å². The predicted octanol–water partition coefficient (Wildman–Crippen LogP) is 3.72. The lowest BCUT2D eigenvalue weighted by atomic mass is 10.1. The standard InChI is InChI=1S/C14H14F2N2/c1-9(10-5-2-3-6-11(10)15)18-13-8-4-7-12(16)14(13)17/h2-9,18H,17H2,1H3. The molecule has 0 amide bonds. The lowest BCUT2D eigenvalue weighted by Crippen LogP contribution is -2.10. The van der Waals surface area contributed by atoms with Gasteiger partial charge in [-0.25, -0.2) is 8.78 Å². The molecule has 0 heterocycles. The molecular weight excluding hydrogens is 234 g/mol. The van der Waals surface area contributed by atoms with Crippen LogP contribution in [0.2, 0.25) is 0 Å². The molecule has 0 bridgehead atoms. The van der Waals surface area contributed by atoms with Crippen LogP contribution in [0.3, 0.4) is 0 Å². The fourth-order valence-electron chi connectivity index (χ4n) is 1.80. The Morgan fingerprint density at radius 2 is 1.67 bits per heavy atom. The Labute approximate surface area is 104 Å². The summed E-state index contributed by atoms with van der Waals surface area (Å²) in [5.41, 5.74) is 6.64. The average Bonchev–Trinajstić information content (AvgIpc) is 2.35. The van der Waals surface area contributed by atoms with Crippen molar-refractivity contribution in [1.82, 2.24) is 0 Å². The van der Waals surface area contributed by atoms with Crippen molar-refractivity contribution in [2.45, 2.75) is 13.0 Å². The third kappa shape index (κ3) is 2.42. The van der Waals surface area contributed by atoms with Crippen LogP contribution in [0.4, 0.5) is 20.2 Å². The summed E-state index contributed by atoms with van der Waals surface area (Å²) in [4.78, 5) is 0. The predicted molar refractivity (Wildman–Crippen MR) is 69.3 cm³/mol. The molecule has 0 saturated heterocycles. The first-order chi connectivity index (χ1) is 8.59. The molecule has 18 heavy (non-hydrogen) atoms. The molecule has 1 unspecified atom stereocenters. The largest absolute Gasteiger partial charge is 0.395 e. The van der Waals surface area contributed by atoms with Crippen LogP contribution in [0.5, 0.6) is 0 Å². The van der Waals surface area contributed by atoms with Gasteiger partial charge in [0.15, 0.2) is 0 Å². The third-order valence-corrected chi connectivity index (χ3v) is 2.80. The van der Waals surface area contributed by atoms with Crippen molar-refractivity contribution in [3.63, 3.8) is 0 Å². The van der Waals surface area contributed by atoms with Gasteiger partial charge >= 0.3 is 0 Å². The molecule has 2 rings (SSSR count). The second-order valence-corrected chi connectivity index (χ2v) is 4.09. The summed E-state index contributed by atoms with van der Waals surface area (Å²) in [5.74, 6) is -0.784. The van der Waals surface area contributed by atoms with Gasteiger partial charge in [-0.3, -0.25) is 0 Å². The molecule has 0 spiro atoms. The van der Waals surface area contributed by atoms with Crippen molar-refractivity contribution in [3.05, 3.63) is 59.7 Å². The van der Waals surface area contributed by atoms with Gasteiger partial charge in [-0.15, -0.1) is 0 Å². The molecule has 94 valence electrons. The molecule has 0 radical (unpaired) electrons. The van der Waals surface area contributed by atoms with E-state index in [4.69, 9.17) is 5.73 Å². The molecule has 0 aliphatic rings. The molecule has 2 aromatic rings. The van der Waals surface area contributed by atoms with Gasteiger partial charge in [-0.05, 0) is 25.1 Å². The molecule has 0 aliphatic heterocycles. The van der Waals surface area contributed by atoms with Crippen LogP contribution in [-0.4, -0.2) is 0 Å². The molecule has 3 N–H and O–H groups in total. The molecule has 0 fully saturated rings. The van der Waals surface area contributed by atoms with Crippen molar-refractivity contribution in [2.75, 3.05) is 11.1 Å². The van der Waals surface area contributed by atoms with Crippen LogP contribution < -0.4 is 11.1 Å². The topological polar surface area (TPSA) is 38.0 Å². The summed E-state index contributed by atoms with van der Waals surface area (Å²) in [6.45, 7) is 1.79. The van der Waals surface area contributed by atoms with Crippen molar-refractivity contribution in [3.8, 4) is 0 Å². The fraction of sp³-hybridized carbons (Fsp3) is 0.143. The second-order valence-electron chi connectivity index (χ2n) is 4.09. The van der Waals surface area contributed by atoms with Crippen molar-refractivity contribution < 1.29 is 8.78 Å². The summed E-state index contributed by atoms with van der Waals surface area (Å²) >= 11 is 0. The lowest BCUT2D eigenvalue weighted by molar-refractivity contribution is 0.600. The van der Waals surface area contributed by atoms with E-state index in [9.17, 15) is 8.78 Å². The highest BCUT2D eigenvalue weighted by atomic mass is 19.1. The van der Waals surface area contributed by atoms with E-state index in [1.807, 2.05) is 0 Å². The van der Waals surface area contributed by atoms with Gasteiger partial charge in [0.1, 0.15) is 11.6 Å². The summed E-state index contributed by atoms with van der Waals surface area (Å²) < 4.78 is 26.8. The highest BCUT2D eigenvalue weighted by molar-refractivity contribution is 5.67. The van der Waals surface area contributed by atoms with Gasteiger partial charge in [0.25, 0.3) is 0 Å². The number of para-hydroxylation sites is 1. The molecular formula is C14H14F2N2. The number of nitrogens with one attached hydrogen (secondary N) is 1. The first-order valence-electron chi connectivity index (χ1n) is 5.64. The van der Waals surface area contributed by atoms with Gasteiger partial charge in [-0.2, -0.15) is 0 Å². The number of rotatable bonds is 3. The van der Waals surface area contributed by atoms with Crippen molar-refractivity contribution in [1.29, 1.82) is 0 Å². The van der Waals surface area contributed by atoms with Crippen LogP contribution >= 0.6 is 0 Å². The SMILES string of the molecule is CC(Nc1cccc(F)c1N)c1ccccc1F. The second kappa shape index (κ2) is 5.04. The zero-order valence-corrected chi connectivity index (χ0v) is 9.95. The summed E-state index contributed by atoms with van der Waals surface area (Å²) in [6, 6.07) is 10.7. The number of benzene rings is 2. The summed E-state index contributed by atoms with van der Waals surface area (Å²) in [6.07, 6.45) is 0. The molecule has 2 nitrogen and oxygen atoms in total. The van der Waals surface area contributed by atoms with Gasteiger partial charge in [0.2, 0.25) is 0 Å². The third-order valence-electron chi connectivity index (χ3n) is 2.80. The maximum Gasteiger partial charge on any atom is 0.148 e. The average molecular weight is 248 g/mol. The Morgan fingerprint density at radius 1 is 1.00 bits per heavy atom. The Kier molecular flexibility index (Phi) is 3.46. The van der Waals surface area contributed by atoms with E-state index in [1.54, 1.807) is 37.3 Å². The smallest absolute Gasteiger partial charge is 0.148 e. The molecule has 0 aliphatic carbocycles. The Balaban J connectivity index is 2.24. The van der Waals surface area contributed by atoms with E-state index in [0.717, 1.165) is 0 Å². The minimum absolute atomic E-state index is 0.0423. The van der Waals surface area contributed by atoms with Crippen molar-refractivity contribution in [2.24, 2.45) is 0 Å². The van der Waals surface area contributed by atoms with E-state index in [0.29, 0.717) is 11.3 Å². The Hall–Kier alpha value is -2.10. The van der Waals surface area contributed by atoms with Gasteiger partial charge in [0.05, 0.1) is 17.4 Å². The first kappa shape index (κ1) is 12.4. The number of halogens is 2. The van der Waals surface area contributed by atoms with E-state index in [2.05, 4.69) is 5.32 Å². The first-order valence-corrected chi connectivity index (χ1v) is 5.64. The van der Waals surface area contributed by atoms with Crippen molar-refractivity contribution >= 4 is 11.4 Å². The Morgan fingerprint density at radius 3 is 2.39 bits per heavy atom. The maximum atomic E-state index is 13.6. The number of hydrogen-bond donors (Lipinski definition) is 2. The van der Waals surface area contributed by atoms with E-state index >= 15 is 0 Å². The van der Waals surface area contributed by atoms with Gasteiger partial charge < -0.3 is 11.1 Å². The van der Waals surface area contributed by atoms with Gasteiger partial charge in [0, 0.05) is 5.56 Å². The van der Waals surface area contributed by atoms with E-state index < -0.39 is 5.82 Å². The molecule has 0 aromatic heterocycles. The highest BCUT2D eigenvalue weighted by Gasteiger charge is 2.12. The summed E-state index contributed by atoms with van der Waals surface area (Å²) in [7, 11) is 0. The van der Waals surface area contributed by atoms with Crippen LogP contribution in [0.25, 0.3) is 0 Å².